The van der Waals surface area contributed by atoms with Crippen LogP contribution in [0.25, 0.3) is 5.57 Å². The van der Waals surface area contributed by atoms with Gasteiger partial charge in [0, 0.05) is 18.8 Å². The maximum absolute atomic E-state index is 6.34. The monoisotopic (exact) mass is 412 g/mol. The Hall–Kier alpha value is -1.96. The number of aromatic nitrogens is 2. The molecule has 7 nitrogen and oxygen atoms in total. The summed E-state index contributed by atoms with van der Waals surface area (Å²) in [6.45, 7) is 5.42. The molecule has 0 radical (unpaired) electrons. The Bertz CT molecular complexity index is 798. The first-order valence-corrected chi connectivity index (χ1v) is 11.4. The Morgan fingerprint density at radius 2 is 1.93 bits per heavy atom. The van der Waals surface area contributed by atoms with Crippen molar-refractivity contribution in [2.24, 2.45) is 5.92 Å². The molecule has 3 atom stereocenters. The summed E-state index contributed by atoms with van der Waals surface area (Å²) in [7, 11) is 0. The standard InChI is InChI=1S/C23H32N4O3/c1-15-2-5-17(6-3-15)26-23-25-14-19(22(27-23)30-18-8-9-24-13-18)16-4-7-20-21(12-16)29-11-10-28-20/h4,7,12,14-15,17-18,20-21,24H,2-3,5-6,8-11,13H2,1H3,(H,25,26,27)/t15-,17-,18?,20?,21?. The van der Waals surface area contributed by atoms with Crippen LogP contribution in [0.3, 0.4) is 0 Å². The van der Waals surface area contributed by atoms with Crippen LogP contribution in [0.5, 0.6) is 5.88 Å². The van der Waals surface area contributed by atoms with Crippen molar-refractivity contribution >= 4 is 11.5 Å². The van der Waals surface area contributed by atoms with Crippen molar-refractivity contribution in [2.45, 2.75) is 63.4 Å². The number of anilines is 1. The number of fused-ring (bicyclic) bond motifs is 1. The van der Waals surface area contributed by atoms with E-state index in [2.05, 4.69) is 40.8 Å². The van der Waals surface area contributed by atoms with Gasteiger partial charge in [-0.15, -0.1) is 0 Å². The van der Waals surface area contributed by atoms with Crippen LogP contribution in [-0.4, -0.2) is 60.6 Å². The van der Waals surface area contributed by atoms with E-state index in [4.69, 9.17) is 19.2 Å². The second-order valence-electron chi connectivity index (χ2n) is 8.90. The Morgan fingerprint density at radius 1 is 1.10 bits per heavy atom. The Morgan fingerprint density at radius 3 is 2.73 bits per heavy atom. The number of allylic oxidation sites excluding steroid dienone is 2. The van der Waals surface area contributed by atoms with E-state index in [0.29, 0.717) is 31.1 Å². The lowest BCUT2D eigenvalue weighted by Crippen LogP contribution is -2.37. The predicted molar refractivity (Wildman–Crippen MR) is 116 cm³/mol. The van der Waals surface area contributed by atoms with E-state index < -0.39 is 0 Å². The van der Waals surface area contributed by atoms with Crippen molar-refractivity contribution in [2.75, 3.05) is 31.6 Å². The predicted octanol–water partition coefficient (Wildman–Crippen LogP) is 2.95. The summed E-state index contributed by atoms with van der Waals surface area (Å²) < 4.78 is 18.0. The van der Waals surface area contributed by atoms with Crippen molar-refractivity contribution in [1.29, 1.82) is 0 Å². The molecular formula is C23H32N4O3. The molecule has 3 fully saturated rings. The molecule has 0 amide bonds. The summed E-state index contributed by atoms with van der Waals surface area (Å²) in [5.74, 6) is 2.13. The van der Waals surface area contributed by atoms with Gasteiger partial charge in [-0.25, -0.2) is 4.98 Å². The Kier molecular flexibility index (Phi) is 6.02. The van der Waals surface area contributed by atoms with Crippen molar-refractivity contribution in [3.8, 4) is 5.88 Å². The van der Waals surface area contributed by atoms with E-state index in [9.17, 15) is 0 Å². The number of rotatable bonds is 5. The van der Waals surface area contributed by atoms with E-state index in [-0.39, 0.29) is 18.3 Å². The van der Waals surface area contributed by atoms with Crippen LogP contribution in [-0.2, 0) is 9.47 Å². The number of nitrogens with one attached hydrogen (secondary N) is 2. The van der Waals surface area contributed by atoms with Crippen LogP contribution in [0.2, 0.25) is 0 Å². The summed E-state index contributed by atoms with van der Waals surface area (Å²) in [5, 5.41) is 6.91. The van der Waals surface area contributed by atoms with Gasteiger partial charge in [0.05, 0.1) is 18.8 Å². The third kappa shape index (κ3) is 4.53. The van der Waals surface area contributed by atoms with Gasteiger partial charge in [-0.1, -0.05) is 19.1 Å². The molecule has 1 saturated carbocycles. The van der Waals surface area contributed by atoms with Crippen LogP contribution in [0.4, 0.5) is 5.95 Å². The fraction of sp³-hybridized carbons (Fsp3) is 0.652. The number of nitrogens with zero attached hydrogens (tertiary/aromatic N) is 2. The van der Waals surface area contributed by atoms with Crippen LogP contribution in [0.1, 0.15) is 44.6 Å². The van der Waals surface area contributed by atoms with Gasteiger partial charge in [0.1, 0.15) is 18.3 Å². The fourth-order valence-corrected chi connectivity index (χ4v) is 4.67. The first-order chi connectivity index (χ1) is 14.7. The van der Waals surface area contributed by atoms with Crippen LogP contribution in [0.15, 0.2) is 24.4 Å². The zero-order valence-corrected chi connectivity index (χ0v) is 17.7. The molecule has 1 aromatic heterocycles. The molecular weight excluding hydrogens is 380 g/mol. The van der Waals surface area contributed by atoms with E-state index in [1.165, 1.54) is 25.7 Å². The van der Waals surface area contributed by atoms with Crippen LogP contribution < -0.4 is 15.4 Å². The van der Waals surface area contributed by atoms with Crippen LogP contribution in [0, 0.1) is 5.92 Å². The molecule has 162 valence electrons. The SMILES string of the molecule is C[C@H]1CC[C@H](Nc2ncc(C3=CC4OCCOC4C=C3)c(OC3CCNC3)n2)CC1. The largest absolute Gasteiger partial charge is 0.472 e. The molecule has 2 saturated heterocycles. The maximum atomic E-state index is 6.34. The number of hydrogen-bond donors (Lipinski definition) is 2. The topological polar surface area (TPSA) is 77.5 Å². The smallest absolute Gasteiger partial charge is 0.226 e. The van der Waals surface area contributed by atoms with Crippen molar-refractivity contribution in [1.82, 2.24) is 15.3 Å². The summed E-state index contributed by atoms with van der Waals surface area (Å²) in [6.07, 6.45) is 14.0. The van der Waals surface area contributed by atoms with Gasteiger partial charge in [0.2, 0.25) is 11.8 Å². The minimum atomic E-state index is -0.0678. The quantitative estimate of drug-likeness (QED) is 0.770. The molecule has 3 heterocycles. The van der Waals surface area contributed by atoms with E-state index in [0.717, 1.165) is 36.6 Å². The molecule has 2 aliphatic heterocycles. The highest BCUT2D eigenvalue weighted by Crippen LogP contribution is 2.33. The minimum absolute atomic E-state index is 0.0125. The van der Waals surface area contributed by atoms with E-state index >= 15 is 0 Å². The molecule has 7 heteroatoms. The number of hydrogen-bond acceptors (Lipinski definition) is 7. The molecule has 0 bridgehead atoms. The van der Waals surface area contributed by atoms with Gasteiger partial charge in [-0.2, -0.15) is 4.98 Å². The van der Waals surface area contributed by atoms with Crippen LogP contribution >= 0.6 is 0 Å². The first-order valence-electron chi connectivity index (χ1n) is 11.4. The molecule has 2 aliphatic carbocycles. The zero-order chi connectivity index (χ0) is 20.3. The summed E-state index contributed by atoms with van der Waals surface area (Å²) >= 11 is 0. The van der Waals surface area contributed by atoms with Gasteiger partial charge < -0.3 is 24.8 Å². The molecule has 2 N–H and O–H groups in total. The molecule has 0 aromatic carbocycles. The molecule has 0 spiro atoms. The summed E-state index contributed by atoms with van der Waals surface area (Å²) in [6, 6.07) is 0.440. The van der Waals surface area contributed by atoms with E-state index in [1.807, 2.05) is 6.20 Å². The average molecular weight is 413 g/mol. The number of ether oxygens (including phenoxy) is 3. The Balaban J connectivity index is 1.38. The normalized spacial score (nSPS) is 33.6. The lowest BCUT2D eigenvalue weighted by molar-refractivity contribution is -0.101. The molecule has 5 rings (SSSR count). The minimum Gasteiger partial charge on any atom is -0.472 e. The molecule has 30 heavy (non-hydrogen) atoms. The van der Waals surface area contributed by atoms with Gasteiger partial charge in [-0.3, -0.25) is 0 Å². The third-order valence-electron chi connectivity index (χ3n) is 6.54. The first kappa shape index (κ1) is 20.0. The highest BCUT2D eigenvalue weighted by molar-refractivity contribution is 5.78. The lowest BCUT2D eigenvalue weighted by atomic mass is 9.87. The van der Waals surface area contributed by atoms with Gasteiger partial charge in [0.15, 0.2) is 0 Å². The van der Waals surface area contributed by atoms with Gasteiger partial charge in [-0.05, 0) is 56.2 Å². The highest BCUT2D eigenvalue weighted by Gasteiger charge is 2.28. The van der Waals surface area contributed by atoms with Gasteiger partial charge in [0.25, 0.3) is 0 Å². The van der Waals surface area contributed by atoms with Gasteiger partial charge >= 0.3 is 0 Å². The van der Waals surface area contributed by atoms with Crippen molar-refractivity contribution < 1.29 is 14.2 Å². The molecule has 1 aromatic rings. The second kappa shape index (κ2) is 9.04. The highest BCUT2D eigenvalue weighted by atomic mass is 16.6. The van der Waals surface area contributed by atoms with Crippen molar-refractivity contribution in [3.05, 3.63) is 30.0 Å². The maximum Gasteiger partial charge on any atom is 0.226 e. The third-order valence-corrected chi connectivity index (χ3v) is 6.54. The summed E-state index contributed by atoms with van der Waals surface area (Å²) in [5.41, 5.74) is 1.94. The molecule has 4 aliphatic rings. The molecule has 3 unspecified atom stereocenters. The Labute approximate surface area is 178 Å². The summed E-state index contributed by atoms with van der Waals surface area (Å²) in [4.78, 5) is 9.45. The zero-order valence-electron chi connectivity index (χ0n) is 17.7. The fourth-order valence-electron chi connectivity index (χ4n) is 4.67. The van der Waals surface area contributed by atoms with E-state index in [1.54, 1.807) is 0 Å². The second-order valence-corrected chi connectivity index (χ2v) is 8.90. The van der Waals surface area contributed by atoms with Crippen molar-refractivity contribution in [3.63, 3.8) is 0 Å². The lowest BCUT2D eigenvalue weighted by Gasteiger charge is -2.31. The average Bonchev–Trinajstić information content (AvgIpc) is 3.28.